The zero-order valence-electron chi connectivity index (χ0n) is 11.4. The van der Waals surface area contributed by atoms with Crippen molar-refractivity contribution in [2.45, 2.75) is 19.0 Å². The number of aliphatic carboxylic acids is 1. The molecule has 104 valence electrons. The molecule has 0 aliphatic carbocycles. The first-order valence-electron chi connectivity index (χ1n) is 6.64. The number of carboxylic acids is 1. The second kappa shape index (κ2) is 5.09. The van der Waals surface area contributed by atoms with Crippen molar-refractivity contribution in [3.05, 3.63) is 53.3 Å². The second-order valence-corrected chi connectivity index (χ2v) is 5.28. The summed E-state index contributed by atoms with van der Waals surface area (Å²) in [5, 5.41) is 13.6. The van der Waals surface area contributed by atoms with Crippen molar-refractivity contribution in [3.8, 4) is 0 Å². The van der Waals surface area contributed by atoms with Crippen molar-refractivity contribution in [1.29, 1.82) is 0 Å². The Bertz CT molecular complexity index is 636. The molecule has 2 aromatic rings. The predicted octanol–water partition coefficient (Wildman–Crippen LogP) is 1.60. The topological polar surface area (TPSA) is 58.4 Å². The Morgan fingerprint density at radius 3 is 2.95 bits per heavy atom. The number of rotatable bonds is 3. The third kappa shape index (κ3) is 2.44. The normalized spacial score (nSPS) is 18.8. The molecule has 5 heteroatoms. The van der Waals surface area contributed by atoms with Crippen LogP contribution in [-0.4, -0.2) is 32.3 Å². The number of nitrogens with zero attached hydrogens (tertiary/aromatic N) is 3. The van der Waals surface area contributed by atoms with Crippen molar-refractivity contribution in [2.75, 3.05) is 6.54 Å². The Morgan fingerprint density at radius 1 is 1.45 bits per heavy atom. The molecule has 0 saturated carbocycles. The van der Waals surface area contributed by atoms with Gasteiger partial charge < -0.3 is 5.11 Å². The van der Waals surface area contributed by atoms with Crippen LogP contribution >= 0.6 is 0 Å². The first kappa shape index (κ1) is 12.9. The van der Waals surface area contributed by atoms with E-state index in [4.69, 9.17) is 0 Å². The maximum atomic E-state index is 11.5. The van der Waals surface area contributed by atoms with E-state index in [0.29, 0.717) is 6.54 Å². The summed E-state index contributed by atoms with van der Waals surface area (Å²) in [6.07, 6.45) is 3.80. The first-order valence-corrected chi connectivity index (χ1v) is 6.64. The van der Waals surface area contributed by atoms with E-state index in [1.54, 1.807) is 4.68 Å². The van der Waals surface area contributed by atoms with Crippen LogP contribution in [-0.2, 0) is 24.9 Å². The van der Waals surface area contributed by atoms with Crippen LogP contribution in [0.5, 0.6) is 0 Å². The van der Waals surface area contributed by atoms with Crippen LogP contribution in [0.4, 0.5) is 0 Å². The highest BCUT2D eigenvalue weighted by Crippen LogP contribution is 2.29. The monoisotopic (exact) mass is 271 g/mol. The summed E-state index contributed by atoms with van der Waals surface area (Å²) in [5.41, 5.74) is 3.16. The van der Waals surface area contributed by atoms with Crippen molar-refractivity contribution < 1.29 is 9.90 Å². The first-order chi connectivity index (χ1) is 9.63. The average Bonchev–Trinajstić information content (AvgIpc) is 2.83. The molecule has 0 saturated heterocycles. The van der Waals surface area contributed by atoms with Gasteiger partial charge in [-0.05, 0) is 11.1 Å². The van der Waals surface area contributed by atoms with Crippen LogP contribution in [0.3, 0.4) is 0 Å². The highest BCUT2D eigenvalue weighted by Gasteiger charge is 2.30. The molecule has 1 atom stereocenters. The molecule has 1 aromatic heterocycles. The highest BCUT2D eigenvalue weighted by molar-refractivity contribution is 5.77. The minimum absolute atomic E-state index is 0.448. The molecule has 1 unspecified atom stereocenters. The fraction of sp³-hybridized carbons (Fsp3) is 0.333. The smallest absolute Gasteiger partial charge is 0.312 e. The molecule has 1 aromatic carbocycles. The summed E-state index contributed by atoms with van der Waals surface area (Å²) < 4.78 is 1.77. The summed E-state index contributed by atoms with van der Waals surface area (Å²) in [6.45, 7) is 2.06. The molecule has 1 aliphatic rings. The third-order valence-electron chi connectivity index (χ3n) is 3.73. The van der Waals surface area contributed by atoms with Gasteiger partial charge in [-0.25, -0.2) is 0 Å². The lowest BCUT2D eigenvalue weighted by atomic mass is 9.89. The van der Waals surface area contributed by atoms with Crippen molar-refractivity contribution in [3.63, 3.8) is 0 Å². The summed E-state index contributed by atoms with van der Waals surface area (Å²) >= 11 is 0. The molecule has 5 nitrogen and oxygen atoms in total. The summed E-state index contributed by atoms with van der Waals surface area (Å²) in [7, 11) is 1.88. The Hall–Kier alpha value is -2.14. The summed E-state index contributed by atoms with van der Waals surface area (Å²) in [4.78, 5) is 13.6. The number of carbonyl (C=O) groups is 1. The number of aryl methyl sites for hydroxylation is 1. The van der Waals surface area contributed by atoms with E-state index >= 15 is 0 Å². The Morgan fingerprint density at radius 2 is 2.25 bits per heavy atom. The van der Waals surface area contributed by atoms with E-state index in [2.05, 4.69) is 10.00 Å². The van der Waals surface area contributed by atoms with Gasteiger partial charge in [0.05, 0.1) is 12.1 Å². The third-order valence-corrected chi connectivity index (χ3v) is 3.73. The molecule has 2 heterocycles. The van der Waals surface area contributed by atoms with Gasteiger partial charge in [0.25, 0.3) is 0 Å². The number of benzene rings is 1. The van der Waals surface area contributed by atoms with E-state index in [0.717, 1.165) is 29.8 Å². The molecule has 1 N–H and O–H groups in total. The van der Waals surface area contributed by atoms with Gasteiger partial charge in [0.2, 0.25) is 0 Å². The Kier molecular flexibility index (Phi) is 3.28. The predicted molar refractivity (Wildman–Crippen MR) is 74.1 cm³/mol. The average molecular weight is 271 g/mol. The molecule has 0 radical (unpaired) electrons. The molecule has 0 fully saturated rings. The van der Waals surface area contributed by atoms with Crippen LogP contribution in [0, 0.1) is 0 Å². The minimum Gasteiger partial charge on any atom is -0.481 e. The van der Waals surface area contributed by atoms with Crippen molar-refractivity contribution in [2.24, 2.45) is 7.05 Å². The van der Waals surface area contributed by atoms with Gasteiger partial charge in [-0.2, -0.15) is 5.10 Å². The van der Waals surface area contributed by atoms with E-state index in [1.165, 1.54) is 0 Å². The Labute approximate surface area is 117 Å². The van der Waals surface area contributed by atoms with E-state index in [9.17, 15) is 9.90 Å². The van der Waals surface area contributed by atoms with Crippen LogP contribution in [0.2, 0.25) is 0 Å². The maximum absolute atomic E-state index is 11.5. The zero-order valence-corrected chi connectivity index (χ0v) is 11.4. The largest absolute Gasteiger partial charge is 0.481 e. The molecule has 20 heavy (non-hydrogen) atoms. The molecule has 0 amide bonds. The zero-order chi connectivity index (χ0) is 14.1. The lowest BCUT2D eigenvalue weighted by molar-refractivity contribution is -0.139. The van der Waals surface area contributed by atoms with E-state index in [-0.39, 0.29) is 0 Å². The van der Waals surface area contributed by atoms with Gasteiger partial charge in [-0.15, -0.1) is 0 Å². The fourth-order valence-electron chi connectivity index (χ4n) is 2.82. The van der Waals surface area contributed by atoms with Crippen molar-refractivity contribution >= 4 is 5.97 Å². The number of carboxylic acid groups (broad SMARTS) is 1. The minimum atomic E-state index is -0.756. The van der Waals surface area contributed by atoms with Gasteiger partial charge in [-0.1, -0.05) is 24.3 Å². The molecule has 3 rings (SSSR count). The molecule has 1 aliphatic heterocycles. The molecular weight excluding hydrogens is 254 g/mol. The lowest BCUT2D eigenvalue weighted by Crippen LogP contribution is -2.36. The summed E-state index contributed by atoms with van der Waals surface area (Å²) in [5.74, 6) is -1.20. The maximum Gasteiger partial charge on any atom is 0.312 e. The Balaban J connectivity index is 1.84. The van der Waals surface area contributed by atoms with Crippen LogP contribution < -0.4 is 0 Å². The second-order valence-electron chi connectivity index (χ2n) is 5.28. The fourth-order valence-corrected chi connectivity index (χ4v) is 2.82. The van der Waals surface area contributed by atoms with E-state index < -0.39 is 11.9 Å². The van der Waals surface area contributed by atoms with Gasteiger partial charge >= 0.3 is 5.97 Å². The van der Waals surface area contributed by atoms with Crippen LogP contribution in [0.25, 0.3) is 0 Å². The SMILES string of the molecule is Cn1cc(CN2Cc3ccccc3C(C(=O)O)C2)cn1. The molecule has 0 bridgehead atoms. The van der Waals surface area contributed by atoms with Gasteiger partial charge in [0, 0.05) is 38.4 Å². The summed E-state index contributed by atoms with van der Waals surface area (Å²) in [6, 6.07) is 7.81. The van der Waals surface area contributed by atoms with Gasteiger partial charge in [-0.3, -0.25) is 14.4 Å². The molecular formula is C15H17N3O2. The van der Waals surface area contributed by atoms with Gasteiger partial charge in [0.15, 0.2) is 0 Å². The molecule has 0 spiro atoms. The van der Waals surface area contributed by atoms with E-state index in [1.807, 2.05) is 43.7 Å². The van der Waals surface area contributed by atoms with Crippen molar-refractivity contribution in [1.82, 2.24) is 14.7 Å². The lowest BCUT2D eigenvalue weighted by Gasteiger charge is -2.32. The number of hydrogen-bond acceptors (Lipinski definition) is 3. The van der Waals surface area contributed by atoms with Crippen LogP contribution in [0.1, 0.15) is 22.6 Å². The van der Waals surface area contributed by atoms with Crippen LogP contribution in [0.15, 0.2) is 36.7 Å². The highest BCUT2D eigenvalue weighted by atomic mass is 16.4. The van der Waals surface area contributed by atoms with Gasteiger partial charge in [0.1, 0.15) is 0 Å². The number of hydrogen-bond donors (Lipinski definition) is 1. The number of aromatic nitrogens is 2. The number of fused-ring (bicyclic) bond motifs is 1. The standard InChI is InChI=1S/C15H17N3O2/c1-17-7-11(6-16-17)8-18-9-12-4-2-3-5-13(12)14(10-18)15(19)20/h2-7,14H,8-10H2,1H3,(H,19,20). The quantitative estimate of drug-likeness (QED) is 0.921.